The summed E-state index contributed by atoms with van der Waals surface area (Å²) in [5.41, 5.74) is 0.516. The summed E-state index contributed by atoms with van der Waals surface area (Å²) < 4.78 is 28.8. The Labute approximate surface area is 164 Å². The van der Waals surface area contributed by atoms with Crippen molar-refractivity contribution in [2.45, 2.75) is 19.4 Å². The van der Waals surface area contributed by atoms with Gasteiger partial charge in [0.05, 0.1) is 29.1 Å². The molecule has 3 rings (SSSR count). The second-order valence-electron chi connectivity index (χ2n) is 7.15. The highest BCUT2D eigenvalue weighted by Crippen LogP contribution is 2.22. The summed E-state index contributed by atoms with van der Waals surface area (Å²) in [5, 5.41) is 8.81. The van der Waals surface area contributed by atoms with E-state index in [1.165, 1.54) is 0 Å². The molecule has 0 bridgehead atoms. The van der Waals surface area contributed by atoms with Crippen LogP contribution in [-0.4, -0.2) is 73.8 Å². The smallest absolute Gasteiger partial charge is 0.263 e. The van der Waals surface area contributed by atoms with Gasteiger partial charge in [-0.25, -0.2) is 8.42 Å². The predicted octanol–water partition coefficient (Wildman–Crippen LogP) is 0.431. The van der Waals surface area contributed by atoms with E-state index >= 15 is 0 Å². The van der Waals surface area contributed by atoms with Gasteiger partial charge < -0.3 is 14.5 Å². The van der Waals surface area contributed by atoms with Gasteiger partial charge in [0.25, 0.3) is 5.91 Å². The highest BCUT2D eigenvalue weighted by Gasteiger charge is 2.37. The van der Waals surface area contributed by atoms with E-state index in [1.807, 2.05) is 6.07 Å². The minimum absolute atomic E-state index is 0.0690. The third-order valence-electron chi connectivity index (χ3n) is 5.13. The van der Waals surface area contributed by atoms with Gasteiger partial charge in [0.1, 0.15) is 5.75 Å². The van der Waals surface area contributed by atoms with Crippen LogP contribution >= 0.6 is 0 Å². The van der Waals surface area contributed by atoms with Crippen molar-refractivity contribution in [2.75, 3.05) is 37.7 Å². The summed E-state index contributed by atoms with van der Waals surface area (Å²) >= 11 is 0. The van der Waals surface area contributed by atoms with Gasteiger partial charge in [-0.3, -0.25) is 9.59 Å². The maximum absolute atomic E-state index is 12.6. The van der Waals surface area contributed by atoms with E-state index in [-0.39, 0.29) is 23.3 Å². The monoisotopic (exact) mass is 405 g/mol. The lowest BCUT2D eigenvalue weighted by molar-refractivity contribution is -0.145. The maximum Gasteiger partial charge on any atom is 0.263 e. The Morgan fingerprint density at radius 1 is 1.14 bits per heavy atom. The molecule has 0 aromatic heterocycles. The molecular weight excluding hydrogens is 382 g/mol. The molecule has 28 heavy (non-hydrogen) atoms. The van der Waals surface area contributed by atoms with Gasteiger partial charge in [-0.1, -0.05) is 0 Å². The van der Waals surface area contributed by atoms with E-state index in [2.05, 4.69) is 0 Å². The van der Waals surface area contributed by atoms with Crippen molar-refractivity contribution >= 4 is 21.7 Å². The molecule has 0 aliphatic carbocycles. The lowest BCUT2D eigenvalue weighted by atomic mass is 10.1. The Bertz CT molecular complexity index is 883. The van der Waals surface area contributed by atoms with E-state index in [4.69, 9.17) is 10.00 Å². The van der Waals surface area contributed by atoms with Gasteiger partial charge in [0.2, 0.25) is 5.91 Å². The van der Waals surface area contributed by atoms with Gasteiger partial charge in [0.15, 0.2) is 15.9 Å². The Balaban J connectivity index is 1.50. The Hall–Kier alpha value is -2.60. The van der Waals surface area contributed by atoms with Crippen LogP contribution in [0.15, 0.2) is 24.3 Å². The van der Waals surface area contributed by atoms with Crippen molar-refractivity contribution in [1.29, 1.82) is 5.26 Å². The molecule has 2 fully saturated rings. The summed E-state index contributed by atoms with van der Waals surface area (Å²) in [5.74, 6) is -0.232. The number of sulfone groups is 1. The largest absolute Gasteiger partial charge is 0.481 e. The molecule has 8 nitrogen and oxygen atoms in total. The quantitative estimate of drug-likeness (QED) is 0.719. The summed E-state index contributed by atoms with van der Waals surface area (Å²) in [6.45, 7) is 3.24. The van der Waals surface area contributed by atoms with Crippen LogP contribution in [0, 0.1) is 17.2 Å². The first kappa shape index (κ1) is 20.1. The average molecular weight is 405 g/mol. The zero-order valence-electron chi connectivity index (χ0n) is 15.7. The number of carbonyl (C=O) groups excluding carboxylic acids is 2. The van der Waals surface area contributed by atoms with Crippen LogP contribution in [0.4, 0.5) is 0 Å². The number of rotatable bonds is 4. The highest BCUT2D eigenvalue weighted by molar-refractivity contribution is 7.91. The SMILES string of the molecule is C[C@@H](Oc1ccc(C#N)cc1)C(=O)N1CCN(C(=O)[C@@H]2CCS(=O)(=O)C2)CC1. The molecule has 0 unspecified atom stereocenters. The molecule has 2 aliphatic heterocycles. The summed E-state index contributed by atoms with van der Waals surface area (Å²) in [6.07, 6.45) is -0.300. The molecule has 9 heteroatoms. The van der Waals surface area contributed by atoms with Gasteiger partial charge in [-0.2, -0.15) is 5.26 Å². The van der Waals surface area contributed by atoms with Gasteiger partial charge in [0, 0.05) is 26.2 Å². The van der Waals surface area contributed by atoms with Crippen molar-refractivity contribution in [1.82, 2.24) is 9.80 Å². The molecule has 0 saturated carbocycles. The fourth-order valence-electron chi connectivity index (χ4n) is 3.51. The molecule has 0 spiro atoms. The van der Waals surface area contributed by atoms with Gasteiger partial charge in [-0.15, -0.1) is 0 Å². The number of amides is 2. The molecule has 0 N–H and O–H groups in total. The fraction of sp³-hybridized carbons (Fsp3) is 0.526. The van der Waals surface area contributed by atoms with Gasteiger partial charge >= 0.3 is 0 Å². The van der Waals surface area contributed by atoms with E-state index in [9.17, 15) is 18.0 Å². The Kier molecular flexibility index (Phi) is 5.89. The van der Waals surface area contributed by atoms with E-state index in [1.54, 1.807) is 41.0 Å². The molecule has 1 aromatic carbocycles. The summed E-state index contributed by atoms with van der Waals surface area (Å²) in [7, 11) is -3.10. The number of nitriles is 1. The van der Waals surface area contributed by atoms with Crippen molar-refractivity contribution < 1.29 is 22.7 Å². The molecule has 1 aromatic rings. The Morgan fingerprint density at radius 2 is 1.75 bits per heavy atom. The molecule has 2 saturated heterocycles. The number of carbonyl (C=O) groups is 2. The third kappa shape index (κ3) is 4.62. The minimum Gasteiger partial charge on any atom is -0.481 e. The molecule has 2 atom stereocenters. The van der Waals surface area contributed by atoms with Crippen molar-refractivity contribution in [3.05, 3.63) is 29.8 Å². The van der Waals surface area contributed by atoms with Crippen LogP contribution in [-0.2, 0) is 19.4 Å². The first-order valence-corrected chi connectivity index (χ1v) is 11.1. The van der Waals surface area contributed by atoms with Crippen LogP contribution in [0.2, 0.25) is 0 Å². The molecular formula is C19H23N3O5S. The van der Waals surface area contributed by atoms with Crippen LogP contribution in [0.1, 0.15) is 18.9 Å². The second-order valence-corrected chi connectivity index (χ2v) is 9.38. The van der Waals surface area contributed by atoms with Crippen molar-refractivity contribution in [2.24, 2.45) is 5.92 Å². The van der Waals surface area contributed by atoms with E-state index in [0.717, 1.165) is 0 Å². The third-order valence-corrected chi connectivity index (χ3v) is 6.90. The highest BCUT2D eigenvalue weighted by atomic mass is 32.2. The number of benzene rings is 1. The second kappa shape index (κ2) is 8.19. The first-order valence-electron chi connectivity index (χ1n) is 9.24. The topological polar surface area (TPSA) is 108 Å². The number of ether oxygens (including phenoxy) is 1. The Morgan fingerprint density at radius 3 is 2.29 bits per heavy atom. The van der Waals surface area contributed by atoms with Crippen LogP contribution in [0.3, 0.4) is 0 Å². The molecule has 2 heterocycles. The molecule has 2 aliphatic rings. The minimum atomic E-state index is -3.10. The lowest BCUT2D eigenvalue weighted by Crippen LogP contribution is -2.54. The van der Waals surface area contributed by atoms with Crippen LogP contribution in [0.5, 0.6) is 5.75 Å². The number of nitrogens with zero attached hydrogens (tertiary/aromatic N) is 3. The van der Waals surface area contributed by atoms with Crippen LogP contribution in [0.25, 0.3) is 0 Å². The lowest BCUT2D eigenvalue weighted by Gasteiger charge is -2.36. The maximum atomic E-state index is 12.6. The van der Waals surface area contributed by atoms with Crippen molar-refractivity contribution in [3.63, 3.8) is 0 Å². The van der Waals surface area contributed by atoms with Crippen molar-refractivity contribution in [3.8, 4) is 11.8 Å². The first-order chi connectivity index (χ1) is 13.3. The molecule has 2 amide bonds. The number of hydrogen-bond acceptors (Lipinski definition) is 6. The number of piperazine rings is 1. The average Bonchev–Trinajstić information content (AvgIpc) is 3.07. The standard InChI is InChI=1S/C19H23N3O5S/c1-14(27-17-4-2-15(12-20)3-5-17)18(23)21-7-9-22(10-8-21)19(24)16-6-11-28(25,26)13-16/h2-5,14,16H,6-11,13H2,1H3/t14-,16-/m1/s1. The van der Waals surface area contributed by atoms with E-state index < -0.39 is 21.9 Å². The number of hydrogen-bond donors (Lipinski definition) is 0. The summed E-state index contributed by atoms with van der Waals surface area (Å²) in [6, 6.07) is 8.57. The fourth-order valence-corrected chi connectivity index (χ4v) is 5.25. The van der Waals surface area contributed by atoms with Crippen LogP contribution < -0.4 is 4.74 Å². The summed E-state index contributed by atoms with van der Waals surface area (Å²) in [4.78, 5) is 28.4. The predicted molar refractivity (Wildman–Crippen MR) is 101 cm³/mol. The van der Waals surface area contributed by atoms with Gasteiger partial charge in [-0.05, 0) is 37.6 Å². The zero-order valence-corrected chi connectivity index (χ0v) is 16.5. The zero-order chi connectivity index (χ0) is 20.3. The normalized spacial score (nSPS) is 22.4. The molecule has 150 valence electrons. The molecule has 0 radical (unpaired) electrons. The van der Waals surface area contributed by atoms with E-state index in [0.29, 0.717) is 43.9 Å².